The Labute approximate surface area is 196 Å². The first-order valence-corrected chi connectivity index (χ1v) is 12.4. The number of methoxy groups -OCH3 is 3. The van der Waals surface area contributed by atoms with E-state index in [1.807, 2.05) is 0 Å². The van der Waals surface area contributed by atoms with Gasteiger partial charge in [-0.25, -0.2) is 13.2 Å². The van der Waals surface area contributed by atoms with Crippen LogP contribution in [0.3, 0.4) is 0 Å². The lowest BCUT2D eigenvalue weighted by Crippen LogP contribution is -2.42. The van der Waals surface area contributed by atoms with E-state index >= 15 is 0 Å². The Morgan fingerprint density at radius 2 is 1.74 bits per heavy atom. The second-order valence-corrected chi connectivity index (χ2v) is 10.2. The summed E-state index contributed by atoms with van der Waals surface area (Å²) in [5, 5.41) is 0.595. The van der Waals surface area contributed by atoms with Gasteiger partial charge in [0.05, 0.1) is 32.8 Å². The maximum absolute atomic E-state index is 13.6. The third-order valence-corrected chi connectivity index (χ3v) is 7.61. The molecule has 0 bridgehead atoms. The quantitative estimate of drug-likeness (QED) is 0.468. The van der Waals surface area contributed by atoms with Crippen LogP contribution in [0.4, 0.5) is 0 Å². The van der Waals surface area contributed by atoms with Crippen molar-refractivity contribution in [1.82, 2.24) is 4.90 Å². The molecule has 9 nitrogen and oxygen atoms in total. The Hall–Kier alpha value is -3.53. The third kappa shape index (κ3) is 4.58. The van der Waals surface area contributed by atoms with Gasteiger partial charge in [0, 0.05) is 18.0 Å². The number of hydrogen-bond acceptors (Lipinski definition) is 8. The zero-order valence-corrected chi connectivity index (χ0v) is 19.9. The summed E-state index contributed by atoms with van der Waals surface area (Å²) in [5.41, 5.74) is 0.0517. The van der Waals surface area contributed by atoms with Gasteiger partial charge in [-0.2, -0.15) is 0 Å². The summed E-state index contributed by atoms with van der Waals surface area (Å²) in [7, 11) is 1.15. The molecule has 0 unspecified atom stereocenters. The minimum Gasteiger partial charge on any atom is -0.493 e. The van der Waals surface area contributed by atoms with Crippen molar-refractivity contribution in [2.75, 3.05) is 32.8 Å². The van der Waals surface area contributed by atoms with E-state index in [4.69, 9.17) is 18.6 Å². The number of ether oxygens (including phenoxy) is 3. The Morgan fingerprint density at radius 3 is 2.32 bits per heavy atom. The second kappa shape index (κ2) is 9.38. The van der Waals surface area contributed by atoms with E-state index in [1.54, 1.807) is 36.4 Å². The maximum atomic E-state index is 13.6. The molecule has 180 valence electrons. The van der Waals surface area contributed by atoms with Crippen LogP contribution in [-0.4, -0.2) is 58.1 Å². The predicted octanol–water partition coefficient (Wildman–Crippen LogP) is 2.65. The van der Waals surface area contributed by atoms with Gasteiger partial charge in [-0.15, -0.1) is 0 Å². The Morgan fingerprint density at radius 1 is 1.06 bits per heavy atom. The maximum Gasteiger partial charge on any atom is 0.349 e. The van der Waals surface area contributed by atoms with Crippen LogP contribution < -0.4 is 19.8 Å². The molecule has 0 radical (unpaired) electrons. The van der Waals surface area contributed by atoms with Gasteiger partial charge in [0.15, 0.2) is 21.3 Å². The number of amides is 1. The van der Waals surface area contributed by atoms with Crippen LogP contribution in [0.1, 0.15) is 22.3 Å². The molecular formula is C24H25NO8S. The van der Waals surface area contributed by atoms with Crippen molar-refractivity contribution in [3.05, 3.63) is 64.0 Å². The van der Waals surface area contributed by atoms with Crippen LogP contribution in [0.15, 0.2) is 51.7 Å². The SMILES string of the molecule is COc1cc(CN(C(=O)c2cc3ccccc3oc2=O)[C@H]2CCS(=O)(=O)C2)cc(OC)c1OC. The van der Waals surface area contributed by atoms with E-state index in [0.717, 1.165) is 0 Å². The van der Waals surface area contributed by atoms with Gasteiger partial charge in [0.2, 0.25) is 5.75 Å². The highest BCUT2D eigenvalue weighted by Crippen LogP contribution is 2.39. The molecule has 1 atom stereocenters. The highest BCUT2D eigenvalue weighted by Gasteiger charge is 2.36. The fraction of sp³-hybridized carbons (Fsp3) is 0.333. The molecule has 1 saturated heterocycles. The first-order chi connectivity index (χ1) is 16.3. The smallest absolute Gasteiger partial charge is 0.349 e. The van der Waals surface area contributed by atoms with E-state index in [9.17, 15) is 18.0 Å². The van der Waals surface area contributed by atoms with Crippen molar-refractivity contribution in [3.8, 4) is 17.2 Å². The largest absolute Gasteiger partial charge is 0.493 e. The molecule has 0 aliphatic carbocycles. The number of para-hydroxylation sites is 1. The van der Waals surface area contributed by atoms with E-state index in [2.05, 4.69) is 0 Å². The number of rotatable bonds is 7. The summed E-state index contributed by atoms with van der Waals surface area (Å²) in [6.45, 7) is 0.0298. The predicted molar refractivity (Wildman–Crippen MR) is 126 cm³/mol. The van der Waals surface area contributed by atoms with Crippen LogP contribution in [0.2, 0.25) is 0 Å². The summed E-state index contributed by atoms with van der Waals surface area (Å²) in [6.07, 6.45) is 0.275. The fourth-order valence-corrected chi connectivity index (χ4v) is 5.91. The summed E-state index contributed by atoms with van der Waals surface area (Å²) >= 11 is 0. The van der Waals surface area contributed by atoms with E-state index in [-0.39, 0.29) is 30.0 Å². The lowest BCUT2D eigenvalue weighted by Gasteiger charge is -2.28. The first kappa shape index (κ1) is 23.6. The third-order valence-electron chi connectivity index (χ3n) is 5.86. The minimum absolute atomic E-state index is 0.0248. The summed E-state index contributed by atoms with van der Waals surface area (Å²) in [5.74, 6) is 0.382. The highest BCUT2D eigenvalue weighted by atomic mass is 32.2. The molecule has 0 N–H and O–H groups in total. The molecule has 1 aromatic heterocycles. The molecule has 10 heteroatoms. The number of benzene rings is 2. The van der Waals surface area contributed by atoms with Gasteiger partial charge in [-0.3, -0.25) is 4.79 Å². The van der Waals surface area contributed by atoms with Crippen LogP contribution >= 0.6 is 0 Å². The van der Waals surface area contributed by atoms with Crippen LogP contribution in [-0.2, 0) is 16.4 Å². The number of carbonyl (C=O) groups is 1. The van der Waals surface area contributed by atoms with Crippen molar-refractivity contribution in [2.45, 2.75) is 19.0 Å². The molecular weight excluding hydrogens is 462 g/mol. The molecule has 1 aliphatic rings. The second-order valence-electron chi connectivity index (χ2n) is 8.01. The van der Waals surface area contributed by atoms with Crippen LogP contribution in [0.25, 0.3) is 11.0 Å². The van der Waals surface area contributed by atoms with Crippen LogP contribution in [0.5, 0.6) is 17.2 Å². The van der Waals surface area contributed by atoms with Gasteiger partial charge in [0.1, 0.15) is 11.1 Å². The normalized spacial score (nSPS) is 16.9. The molecule has 0 saturated carbocycles. The Balaban J connectivity index is 1.78. The topological polar surface area (TPSA) is 112 Å². The zero-order valence-electron chi connectivity index (χ0n) is 19.1. The lowest BCUT2D eigenvalue weighted by atomic mass is 10.1. The Bertz CT molecular complexity index is 1370. The van der Waals surface area contributed by atoms with Crippen molar-refractivity contribution in [3.63, 3.8) is 0 Å². The molecule has 1 amide bonds. The number of hydrogen-bond donors (Lipinski definition) is 0. The molecule has 2 aromatic carbocycles. The van der Waals surface area contributed by atoms with Gasteiger partial charge in [-0.1, -0.05) is 18.2 Å². The molecule has 4 rings (SSSR count). The summed E-state index contributed by atoms with van der Waals surface area (Å²) in [6, 6.07) is 11.1. The standard InChI is InChI=1S/C24H25NO8S/c1-30-20-10-15(11-21(31-2)22(20)32-3)13-25(17-8-9-34(28,29)14-17)23(26)18-12-16-6-4-5-7-19(16)33-24(18)27/h4-7,10-12,17H,8-9,13-14H2,1-3H3/t17-/m0/s1. The number of carbonyl (C=O) groups excluding carboxylic acids is 1. The van der Waals surface area contributed by atoms with Gasteiger partial charge in [-0.05, 0) is 36.2 Å². The summed E-state index contributed by atoms with van der Waals surface area (Å²) < 4.78 is 45.9. The van der Waals surface area contributed by atoms with Gasteiger partial charge < -0.3 is 23.5 Å². The molecule has 34 heavy (non-hydrogen) atoms. The minimum atomic E-state index is -3.29. The van der Waals surface area contributed by atoms with Gasteiger partial charge in [0.25, 0.3) is 5.91 Å². The molecule has 3 aromatic rings. The molecule has 2 heterocycles. The van der Waals surface area contributed by atoms with E-state index in [0.29, 0.717) is 33.8 Å². The zero-order chi connectivity index (χ0) is 24.5. The molecule has 1 aliphatic heterocycles. The highest BCUT2D eigenvalue weighted by molar-refractivity contribution is 7.91. The average molecular weight is 488 g/mol. The Kier molecular flexibility index (Phi) is 6.52. The van der Waals surface area contributed by atoms with E-state index in [1.165, 1.54) is 32.3 Å². The monoisotopic (exact) mass is 487 g/mol. The first-order valence-electron chi connectivity index (χ1n) is 10.6. The van der Waals surface area contributed by atoms with Crippen molar-refractivity contribution in [1.29, 1.82) is 0 Å². The summed E-state index contributed by atoms with van der Waals surface area (Å²) in [4.78, 5) is 27.7. The van der Waals surface area contributed by atoms with E-state index < -0.39 is 27.4 Å². The van der Waals surface area contributed by atoms with Crippen molar-refractivity contribution >= 4 is 26.7 Å². The van der Waals surface area contributed by atoms with Crippen LogP contribution in [0, 0.1) is 0 Å². The average Bonchev–Trinajstić information content (AvgIpc) is 3.20. The van der Waals surface area contributed by atoms with Crippen molar-refractivity contribution in [2.24, 2.45) is 0 Å². The lowest BCUT2D eigenvalue weighted by molar-refractivity contribution is 0.0676. The molecule has 1 fully saturated rings. The van der Waals surface area contributed by atoms with Crippen molar-refractivity contribution < 1.29 is 31.8 Å². The number of fused-ring (bicyclic) bond motifs is 1. The van der Waals surface area contributed by atoms with Gasteiger partial charge >= 0.3 is 5.63 Å². The number of nitrogens with zero attached hydrogens (tertiary/aromatic N) is 1. The number of sulfone groups is 1. The fourth-order valence-electron chi connectivity index (χ4n) is 4.18. The molecule has 0 spiro atoms.